The molecule has 35 heavy (non-hydrogen) atoms. The van der Waals surface area contributed by atoms with Crippen LogP contribution in [-0.4, -0.2) is 70.7 Å². The molecule has 194 valence electrons. The third kappa shape index (κ3) is 6.24. The first kappa shape index (κ1) is 25.3. The van der Waals surface area contributed by atoms with Crippen molar-refractivity contribution < 1.29 is 27.9 Å². The van der Waals surface area contributed by atoms with E-state index in [-0.39, 0.29) is 18.4 Å². The lowest BCUT2D eigenvalue weighted by Gasteiger charge is -2.38. The number of anilines is 2. The second-order valence-corrected chi connectivity index (χ2v) is 9.53. The van der Waals surface area contributed by atoms with E-state index in [1.54, 1.807) is 4.90 Å². The fraction of sp³-hybridized carbons (Fsp3) is 0.727. The van der Waals surface area contributed by atoms with Gasteiger partial charge in [-0.05, 0) is 31.7 Å². The zero-order chi connectivity index (χ0) is 24.9. The molecule has 1 aromatic rings. The van der Waals surface area contributed by atoms with Crippen molar-refractivity contribution in [2.24, 2.45) is 11.8 Å². The maximum atomic E-state index is 15.3. The molecule has 13 heteroatoms. The number of alkyl halides is 2. The van der Waals surface area contributed by atoms with Crippen LogP contribution >= 0.6 is 0 Å². The highest BCUT2D eigenvalue weighted by molar-refractivity contribution is 5.80. The number of rotatable bonds is 9. The number of halogens is 3. The molecule has 0 spiro atoms. The third-order valence-corrected chi connectivity index (χ3v) is 7.20. The van der Waals surface area contributed by atoms with Gasteiger partial charge in [0.2, 0.25) is 11.7 Å². The van der Waals surface area contributed by atoms with Gasteiger partial charge in [-0.15, -0.1) is 0 Å². The maximum Gasteiger partial charge on any atom is 0.404 e. The lowest BCUT2D eigenvalue weighted by molar-refractivity contribution is -0.124. The number of carbonyl (C=O) groups is 2. The highest BCUT2D eigenvalue weighted by Gasteiger charge is 2.34. The van der Waals surface area contributed by atoms with Gasteiger partial charge in [0.25, 0.3) is 6.43 Å². The molecule has 3 heterocycles. The van der Waals surface area contributed by atoms with E-state index in [1.165, 1.54) is 0 Å². The normalized spacial score (nSPS) is 21.7. The van der Waals surface area contributed by atoms with Gasteiger partial charge in [0.05, 0.1) is 5.92 Å². The summed E-state index contributed by atoms with van der Waals surface area (Å²) >= 11 is 0. The Balaban J connectivity index is 1.47. The number of nitrogens with one attached hydrogen (secondary N) is 3. The Labute approximate surface area is 201 Å². The molecule has 2 atom stereocenters. The molecule has 2 saturated heterocycles. The number of hydrogen-bond donors (Lipinski definition) is 4. The van der Waals surface area contributed by atoms with E-state index in [1.807, 2.05) is 0 Å². The van der Waals surface area contributed by atoms with Crippen molar-refractivity contribution in [2.75, 3.05) is 43.0 Å². The molecule has 0 unspecified atom stereocenters. The van der Waals surface area contributed by atoms with E-state index in [4.69, 9.17) is 5.11 Å². The van der Waals surface area contributed by atoms with Crippen LogP contribution in [0.1, 0.15) is 57.2 Å². The topological polar surface area (TPSA) is 123 Å². The van der Waals surface area contributed by atoms with E-state index in [0.29, 0.717) is 32.0 Å². The minimum absolute atomic E-state index is 0.106. The van der Waals surface area contributed by atoms with Crippen molar-refractivity contribution in [3.05, 3.63) is 11.6 Å². The quantitative estimate of drug-likeness (QED) is 0.383. The van der Waals surface area contributed by atoms with Crippen LogP contribution in [0.2, 0.25) is 0 Å². The summed E-state index contributed by atoms with van der Waals surface area (Å²) in [4.78, 5) is 35.1. The second kappa shape index (κ2) is 11.3. The van der Waals surface area contributed by atoms with Gasteiger partial charge in [-0.1, -0.05) is 25.7 Å². The fourth-order valence-electron chi connectivity index (χ4n) is 5.39. The predicted octanol–water partition coefficient (Wildman–Crippen LogP) is 2.74. The van der Waals surface area contributed by atoms with E-state index < -0.39 is 41.8 Å². The van der Waals surface area contributed by atoms with Gasteiger partial charge in [-0.25, -0.2) is 23.5 Å². The molecule has 0 aromatic carbocycles. The second-order valence-electron chi connectivity index (χ2n) is 9.53. The van der Waals surface area contributed by atoms with Crippen LogP contribution in [0.15, 0.2) is 0 Å². The van der Waals surface area contributed by atoms with Gasteiger partial charge in [-0.2, -0.15) is 4.39 Å². The highest BCUT2D eigenvalue weighted by atomic mass is 19.3. The molecule has 1 aliphatic carbocycles. The summed E-state index contributed by atoms with van der Waals surface area (Å²) in [5.74, 6) is -3.48. The number of nitrogens with zero attached hydrogens (tertiary/aromatic N) is 4. The fourth-order valence-corrected chi connectivity index (χ4v) is 5.39. The Hall–Kier alpha value is -2.83. The minimum atomic E-state index is -3.02. The van der Waals surface area contributed by atoms with Crippen molar-refractivity contribution in [2.45, 2.75) is 57.4 Å². The van der Waals surface area contributed by atoms with Crippen LogP contribution in [0.4, 0.5) is 29.6 Å². The standard InChI is InChI=1S/C22H32F3N7O3/c23-16-18(29-30-21(33)14(11-26-22(34)35)10-13-4-1-2-5-13)27-19(17(24)25)28-20(16)32-9-8-31-7-3-6-15(31)12-32/h13-15,17,26H,1-12H2,(H,30,33)(H,34,35)(H,27,28,29)/t14-,15+/m1/s1. The average molecular weight is 500 g/mol. The number of amides is 2. The Kier molecular flexibility index (Phi) is 8.14. The summed E-state index contributed by atoms with van der Waals surface area (Å²) in [6, 6.07) is 0.224. The summed E-state index contributed by atoms with van der Waals surface area (Å²) in [7, 11) is 0. The molecular formula is C22H32F3N7O3. The number of hydrazine groups is 1. The Morgan fingerprint density at radius 1 is 1.09 bits per heavy atom. The molecule has 4 rings (SSSR count). The number of carbonyl (C=O) groups excluding carboxylic acids is 1. The monoisotopic (exact) mass is 499 g/mol. The van der Waals surface area contributed by atoms with E-state index in [9.17, 15) is 18.4 Å². The number of carboxylic acid groups (broad SMARTS) is 1. The summed E-state index contributed by atoms with van der Waals surface area (Å²) in [6.07, 6.45) is 2.24. The summed E-state index contributed by atoms with van der Waals surface area (Å²) in [5, 5.41) is 11.2. The first-order valence-electron chi connectivity index (χ1n) is 12.2. The number of aromatic nitrogens is 2. The lowest BCUT2D eigenvalue weighted by Crippen LogP contribution is -2.50. The molecule has 2 aliphatic heterocycles. The number of piperazine rings is 1. The zero-order valence-electron chi connectivity index (χ0n) is 19.5. The molecule has 10 nitrogen and oxygen atoms in total. The number of hydrogen-bond acceptors (Lipinski definition) is 7. The van der Waals surface area contributed by atoms with Crippen LogP contribution in [0, 0.1) is 17.7 Å². The average Bonchev–Trinajstić information content (AvgIpc) is 3.52. The highest BCUT2D eigenvalue weighted by Crippen LogP contribution is 2.31. The van der Waals surface area contributed by atoms with Crippen molar-refractivity contribution in [3.8, 4) is 0 Å². The molecule has 1 aromatic heterocycles. The first-order chi connectivity index (χ1) is 16.8. The smallest absolute Gasteiger partial charge is 0.404 e. The number of fused-ring (bicyclic) bond motifs is 1. The third-order valence-electron chi connectivity index (χ3n) is 7.20. The molecule has 4 N–H and O–H groups in total. The van der Waals surface area contributed by atoms with Crippen LogP contribution in [0.25, 0.3) is 0 Å². The lowest BCUT2D eigenvalue weighted by atomic mass is 9.92. The van der Waals surface area contributed by atoms with Gasteiger partial charge in [0.1, 0.15) is 0 Å². The molecule has 0 radical (unpaired) electrons. The minimum Gasteiger partial charge on any atom is -0.465 e. The zero-order valence-corrected chi connectivity index (χ0v) is 19.5. The van der Waals surface area contributed by atoms with Crippen LogP contribution in [0.3, 0.4) is 0 Å². The molecule has 2 amide bonds. The van der Waals surface area contributed by atoms with E-state index in [0.717, 1.165) is 45.1 Å². The van der Waals surface area contributed by atoms with E-state index >= 15 is 4.39 Å². The SMILES string of the molecule is O=C(O)NC[C@@H](CC1CCCC1)C(=O)NNc1nc(C(F)F)nc(N2CCN3CCC[C@H]3C2)c1F. The van der Waals surface area contributed by atoms with Crippen molar-refractivity contribution >= 4 is 23.6 Å². The van der Waals surface area contributed by atoms with Gasteiger partial charge in [0.15, 0.2) is 17.5 Å². The van der Waals surface area contributed by atoms with Crippen molar-refractivity contribution in [3.63, 3.8) is 0 Å². The molecule has 1 saturated carbocycles. The van der Waals surface area contributed by atoms with Crippen molar-refractivity contribution in [1.82, 2.24) is 25.6 Å². The Morgan fingerprint density at radius 3 is 2.57 bits per heavy atom. The van der Waals surface area contributed by atoms with Gasteiger partial charge in [-0.3, -0.25) is 20.5 Å². The van der Waals surface area contributed by atoms with Crippen LogP contribution in [0.5, 0.6) is 0 Å². The van der Waals surface area contributed by atoms with Crippen LogP contribution < -0.4 is 21.1 Å². The van der Waals surface area contributed by atoms with Crippen molar-refractivity contribution in [1.29, 1.82) is 0 Å². The summed E-state index contributed by atoms with van der Waals surface area (Å²) < 4.78 is 42.4. The van der Waals surface area contributed by atoms with Gasteiger partial charge < -0.3 is 15.3 Å². The maximum absolute atomic E-state index is 15.3. The molecule has 3 fully saturated rings. The van der Waals surface area contributed by atoms with Gasteiger partial charge >= 0.3 is 6.09 Å². The summed E-state index contributed by atoms with van der Waals surface area (Å²) in [6.45, 7) is 2.49. The first-order valence-corrected chi connectivity index (χ1v) is 12.2. The molecule has 0 bridgehead atoms. The van der Waals surface area contributed by atoms with E-state index in [2.05, 4.69) is 31.0 Å². The van der Waals surface area contributed by atoms with Gasteiger partial charge in [0, 0.05) is 32.2 Å². The summed E-state index contributed by atoms with van der Waals surface area (Å²) in [5.41, 5.74) is 4.70. The molecular weight excluding hydrogens is 467 g/mol. The Bertz CT molecular complexity index is 917. The molecule has 3 aliphatic rings. The Morgan fingerprint density at radius 2 is 1.86 bits per heavy atom. The van der Waals surface area contributed by atoms with Crippen LogP contribution in [-0.2, 0) is 4.79 Å². The predicted molar refractivity (Wildman–Crippen MR) is 122 cm³/mol. The largest absolute Gasteiger partial charge is 0.465 e.